The van der Waals surface area contributed by atoms with Crippen LogP contribution in [0, 0.1) is 26.2 Å². The molecule has 1 saturated carbocycles. The summed E-state index contributed by atoms with van der Waals surface area (Å²) in [6.07, 6.45) is 1.13. The molecule has 6 heteroatoms. The summed E-state index contributed by atoms with van der Waals surface area (Å²) in [5.41, 5.74) is 2.97. The zero-order valence-electron chi connectivity index (χ0n) is 17.4. The molecule has 29 heavy (non-hydrogen) atoms. The molecular weight excluding hydrogens is 368 g/mol. The molecule has 1 aliphatic carbocycles. The Morgan fingerprint density at radius 3 is 2.10 bits per heavy atom. The summed E-state index contributed by atoms with van der Waals surface area (Å²) in [7, 11) is 1.61. The van der Waals surface area contributed by atoms with E-state index in [0.29, 0.717) is 31.7 Å². The molecule has 0 atom stereocenters. The Hall–Kier alpha value is -3.02. The van der Waals surface area contributed by atoms with Gasteiger partial charge in [-0.15, -0.1) is 0 Å². The van der Waals surface area contributed by atoms with Crippen molar-refractivity contribution in [2.75, 3.05) is 25.6 Å². The van der Waals surface area contributed by atoms with E-state index in [1.807, 2.05) is 57.2 Å². The smallest absolute Gasteiger partial charge is 0.240 e. The van der Waals surface area contributed by atoms with Gasteiger partial charge < -0.3 is 20.1 Å². The van der Waals surface area contributed by atoms with Crippen LogP contribution in [0.25, 0.3) is 0 Å². The van der Waals surface area contributed by atoms with Gasteiger partial charge >= 0.3 is 0 Å². The van der Waals surface area contributed by atoms with E-state index in [0.717, 1.165) is 28.1 Å². The van der Waals surface area contributed by atoms with Crippen LogP contribution >= 0.6 is 0 Å². The maximum Gasteiger partial charge on any atom is 0.240 e. The number of anilines is 1. The maximum absolute atomic E-state index is 12.8. The van der Waals surface area contributed by atoms with Crippen molar-refractivity contribution >= 4 is 17.5 Å². The minimum atomic E-state index is -0.968. The van der Waals surface area contributed by atoms with Gasteiger partial charge in [0.15, 0.2) is 0 Å². The average Bonchev–Trinajstić information content (AvgIpc) is 3.50. The van der Waals surface area contributed by atoms with Gasteiger partial charge in [-0.2, -0.15) is 0 Å². The Labute approximate surface area is 171 Å². The number of benzene rings is 2. The fourth-order valence-corrected chi connectivity index (χ4v) is 3.47. The number of nitrogens with one attached hydrogen (secondary N) is 2. The van der Waals surface area contributed by atoms with Crippen LogP contribution in [0.5, 0.6) is 11.5 Å². The van der Waals surface area contributed by atoms with Crippen LogP contribution in [0.2, 0.25) is 0 Å². The van der Waals surface area contributed by atoms with Gasteiger partial charge in [-0.25, -0.2) is 0 Å². The minimum Gasteiger partial charge on any atom is -0.497 e. The molecule has 2 aromatic carbocycles. The molecule has 0 radical (unpaired) electrons. The molecule has 0 saturated heterocycles. The molecule has 2 amide bonds. The van der Waals surface area contributed by atoms with Crippen LogP contribution in [-0.4, -0.2) is 32.1 Å². The molecule has 3 rings (SSSR count). The lowest BCUT2D eigenvalue weighted by atomic mass is 10.0. The van der Waals surface area contributed by atoms with E-state index < -0.39 is 5.41 Å². The number of ether oxygens (including phenoxy) is 2. The summed E-state index contributed by atoms with van der Waals surface area (Å²) in [6.45, 7) is 6.61. The molecular formula is C23H28N2O4. The Kier molecular flexibility index (Phi) is 6.11. The monoisotopic (exact) mass is 396 g/mol. The van der Waals surface area contributed by atoms with Crippen molar-refractivity contribution in [3.05, 3.63) is 53.1 Å². The maximum atomic E-state index is 12.8. The second-order valence-corrected chi connectivity index (χ2v) is 7.59. The van der Waals surface area contributed by atoms with Crippen LogP contribution in [0.15, 0.2) is 36.4 Å². The largest absolute Gasteiger partial charge is 0.497 e. The van der Waals surface area contributed by atoms with E-state index in [2.05, 4.69) is 10.6 Å². The van der Waals surface area contributed by atoms with Gasteiger partial charge in [0.2, 0.25) is 11.8 Å². The third-order valence-corrected chi connectivity index (χ3v) is 5.25. The lowest BCUT2D eigenvalue weighted by Gasteiger charge is -2.18. The molecule has 6 nitrogen and oxygen atoms in total. The fraction of sp³-hybridized carbons (Fsp3) is 0.391. The predicted molar refractivity (Wildman–Crippen MR) is 112 cm³/mol. The molecule has 2 aromatic rings. The van der Waals surface area contributed by atoms with Gasteiger partial charge in [0.25, 0.3) is 0 Å². The molecule has 0 aliphatic heterocycles. The van der Waals surface area contributed by atoms with E-state index in [9.17, 15) is 9.59 Å². The Morgan fingerprint density at radius 1 is 0.966 bits per heavy atom. The molecule has 1 aliphatic rings. The Balaban J connectivity index is 1.51. The number of methoxy groups -OCH3 is 1. The third kappa shape index (κ3) is 4.70. The van der Waals surface area contributed by atoms with Crippen LogP contribution in [-0.2, 0) is 9.59 Å². The third-order valence-electron chi connectivity index (χ3n) is 5.25. The van der Waals surface area contributed by atoms with Gasteiger partial charge in [0.05, 0.1) is 13.7 Å². The van der Waals surface area contributed by atoms with Crippen molar-refractivity contribution in [2.45, 2.75) is 33.6 Å². The van der Waals surface area contributed by atoms with Crippen molar-refractivity contribution in [1.82, 2.24) is 5.32 Å². The fourth-order valence-electron chi connectivity index (χ4n) is 3.47. The number of aryl methyl sites for hydroxylation is 3. The summed E-state index contributed by atoms with van der Waals surface area (Å²) >= 11 is 0. The number of hydrogen-bond acceptors (Lipinski definition) is 4. The summed E-state index contributed by atoms with van der Waals surface area (Å²) in [6, 6.07) is 11.3. The highest BCUT2D eigenvalue weighted by Crippen LogP contribution is 2.47. The first-order chi connectivity index (χ1) is 13.9. The molecule has 0 heterocycles. The van der Waals surface area contributed by atoms with Gasteiger partial charge in [-0.1, -0.05) is 17.7 Å². The Bertz CT molecular complexity index is 879. The van der Waals surface area contributed by atoms with Crippen molar-refractivity contribution < 1.29 is 19.1 Å². The van der Waals surface area contributed by atoms with Crippen LogP contribution in [0.3, 0.4) is 0 Å². The molecule has 2 N–H and O–H groups in total. The van der Waals surface area contributed by atoms with E-state index in [1.54, 1.807) is 7.11 Å². The van der Waals surface area contributed by atoms with Crippen molar-refractivity contribution in [1.29, 1.82) is 0 Å². The van der Waals surface area contributed by atoms with Crippen molar-refractivity contribution in [3.8, 4) is 11.5 Å². The summed E-state index contributed by atoms with van der Waals surface area (Å²) in [4.78, 5) is 25.5. The number of amides is 2. The van der Waals surface area contributed by atoms with Gasteiger partial charge in [-0.05, 0) is 69.0 Å². The zero-order valence-corrected chi connectivity index (χ0v) is 17.4. The van der Waals surface area contributed by atoms with Gasteiger partial charge in [0, 0.05) is 5.69 Å². The molecule has 0 bridgehead atoms. The van der Waals surface area contributed by atoms with E-state index in [1.165, 1.54) is 0 Å². The standard InChI is InChI=1S/C23H28N2O4/c1-15-13-16(2)20(17(3)14-15)25-22(27)23(9-10-23)21(26)24-11-12-29-19-7-5-18(28-4)6-8-19/h5-8,13-14H,9-12H2,1-4H3,(H,24,26)(H,25,27). The molecule has 1 fully saturated rings. The van der Waals surface area contributed by atoms with Crippen molar-refractivity contribution in [2.24, 2.45) is 5.41 Å². The highest BCUT2D eigenvalue weighted by molar-refractivity contribution is 6.13. The minimum absolute atomic E-state index is 0.235. The topological polar surface area (TPSA) is 76.7 Å². The number of hydrogen-bond donors (Lipinski definition) is 2. The highest BCUT2D eigenvalue weighted by Gasteiger charge is 2.56. The summed E-state index contributed by atoms with van der Waals surface area (Å²) in [5, 5.41) is 5.81. The van der Waals surface area contributed by atoms with E-state index in [-0.39, 0.29) is 11.8 Å². The molecule has 0 unspecified atom stereocenters. The SMILES string of the molecule is COc1ccc(OCCNC(=O)C2(C(=O)Nc3c(C)cc(C)cc3C)CC2)cc1. The predicted octanol–water partition coefficient (Wildman–Crippen LogP) is 3.53. The first kappa shape index (κ1) is 20.7. The lowest BCUT2D eigenvalue weighted by Crippen LogP contribution is -2.41. The number of carbonyl (C=O) groups excluding carboxylic acids is 2. The van der Waals surface area contributed by atoms with Crippen molar-refractivity contribution in [3.63, 3.8) is 0 Å². The summed E-state index contributed by atoms with van der Waals surface area (Å²) in [5.74, 6) is 0.979. The second kappa shape index (κ2) is 8.55. The molecule has 0 aromatic heterocycles. The average molecular weight is 396 g/mol. The first-order valence-corrected chi connectivity index (χ1v) is 9.80. The van der Waals surface area contributed by atoms with Crippen LogP contribution < -0.4 is 20.1 Å². The zero-order chi connectivity index (χ0) is 21.0. The lowest BCUT2D eigenvalue weighted by molar-refractivity contribution is -0.134. The second-order valence-electron chi connectivity index (χ2n) is 7.59. The van der Waals surface area contributed by atoms with Crippen LogP contribution in [0.4, 0.5) is 5.69 Å². The van der Waals surface area contributed by atoms with Crippen LogP contribution in [0.1, 0.15) is 29.5 Å². The first-order valence-electron chi connectivity index (χ1n) is 9.80. The Morgan fingerprint density at radius 2 is 1.55 bits per heavy atom. The van der Waals surface area contributed by atoms with E-state index >= 15 is 0 Å². The van der Waals surface area contributed by atoms with Gasteiger partial charge in [0.1, 0.15) is 23.5 Å². The van der Waals surface area contributed by atoms with Gasteiger partial charge in [-0.3, -0.25) is 9.59 Å². The quantitative estimate of drug-likeness (QED) is 0.529. The van der Waals surface area contributed by atoms with E-state index in [4.69, 9.17) is 9.47 Å². The molecule has 154 valence electrons. The number of carbonyl (C=O) groups is 2. The highest BCUT2D eigenvalue weighted by atomic mass is 16.5. The summed E-state index contributed by atoms with van der Waals surface area (Å²) < 4.78 is 10.7. The number of rotatable bonds is 8. The normalized spacial score (nSPS) is 14.1. The molecule has 0 spiro atoms.